The van der Waals surface area contributed by atoms with Gasteiger partial charge in [-0.1, -0.05) is 40.2 Å². The predicted octanol–water partition coefficient (Wildman–Crippen LogP) is 3.87. The van der Waals surface area contributed by atoms with E-state index in [2.05, 4.69) is 26.0 Å². The van der Waals surface area contributed by atoms with Gasteiger partial charge in [0, 0.05) is 17.4 Å². The van der Waals surface area contributed by atoms with E-state index >= 15 is 0 Å². The normalized spacial score (nSPS) is 14.9. The first-order valence-corrected chi connectivity index (χ1v) is 11.8. The van der Waals surface area contributed by atoms with Crippen LogP contribution in [0.15, 0.2) is 51.8 Å². The molecule has 28 heavy (non-hydrogen) atoms. The molecule has 1 aliphatic rings. The maximum absolute atomic E-state index is 12.5. The molecule has 0 heterocycles. The average Bonchev–Trinajstić information content (AvgIpc) is 2.67. The highest BCUT2D eigenvalue weighted by molar-refractivity contribution is 9.10. The van der Waals surface area contributed by atoms with E-state index in [1.54, 1.807) is 12.1 Å². The Balaban J connectivity index is 1.53. The number of hydrogen-bond acceptors (Lipinski definition) is 3. The van der Waals surface area contributed by atoms with Crippen LogP contribution in [0.2, 0.25) is 0 Å². The Morgan fingerprint density at radius 1 is 1.11 bits per heavy atom. The Kier molecular flexibility index (Phi) is 6.91. The van der Waals surface area contributed by atoms with Crippen LogP contribution in [0.5, 0.6) is 0 Å². The number of aryl methyl sites for hydroxylation is 2. The molecule has 0 spiro atoms. The zero-order chi connectivity index (χ0) is 20.1. The molecule has 2 aromatic carbocycles. The summed E-state index contributed by atoms with van der Waals surface area (Å²) in [6.07, 6.45) is 4.27. The maximum atomic E-state index is 12.5. The van der Waals surface area contributed by atoms with E-state index in [0.29, 0.717) is 0 Å². The molecule has 5 nitrogen and oxygen atoms in total. The summed E-state index contributed by atoms with van der Waals surface area (Å²) in [6.45, 7) is 1.96. The number of amides is 1. The minimum Gasteiger partial charge on any atom is -0.350 e. The summed E-state index contributed by atoms with van der Waals surface area (Å²) in [5, 5.41) is 2.90. The van der Waals surface area contributed by atoms with Gasteiger partial charge in [0.25, 0.3) is 0 Å². The molecule has 0 saturated heterocycles. The Labute approximate surface area is 175 Å². The fourth-order valence-electron chi connectivity index (χ4n) is 3.48. The summed E-state index contributed by atoms with van der Waals surface area (Å²) in [5.41, 5.74) is 3.34. The lowest BCUT2D eigenvalue weighted by molar-refractivity contribution is -0.121. The summed E-state index contributed by atoms with van der Waals surface area (Å²) in [6, 6.07) is 12.9. The van der Waals surface area contributed by atoms with Crippen LogP contribution in [0.4, 0.5) is 0 Å². The monoisotopic (exact) mass is 464 g/mol. The van der Waals surface area contributed by atoms with E-state index in [9.17, 15) is 13.2 Å². The summed E-state index contributed by atoms with van der Waals surface area (Å²) in [7, 11) is -3.61. The molecule has 0 bridgehead atoms. The lowest BCUT2D eigenvalue weighted by atomic mass is 9.92. The highest BCUT2D eigenvalue weighted by Gasteiger charge is 2.18. The van der Waals surface area contributed by atoms with Crippen LogP contribution in [0.25, 0.3) is 0 Å². The Hall–Kier alpha value is -1.70. The van der Waals surface area contributed by atoms with Crippen molar-refractivity contribution in [2.24, 2.45) is 0 Å². The van der Waals surface area contributed by atoms with Crippen molar-refractivity contribution in [3.63, 3.8) is 0 Å². The molecule has 0 fully saturated rings. The fourth-order valence-corrected chi connectivity index (χ4v) is 5.19. The van der Waals surface area contributed by atoms with Gasteiger partial charge in [-0.25, -0.2) is 13.1 Å². The summed E-state index contributed by atoms with van der Waals surface area (Å²) < 4.78 is 28.5. The van der Waals surface area contributed by atoms with Crippen LogP contribution in [0.3, 0.4) is 0 Å². The van der Waals surface area contributed by atoms with E-state index < -0.39 is 10.0 Å². The molecule has 2 N–H and O–H groups in total. The number of benzene rings is 2. The number of nitrogens with one attached hydrogen (secondary N) is 2. The van der Waals surface area contributed by atoms with Gasteiger partial charge in [-0.15, -0.1) is 0 Å². The maximum Gasteiger partial charge on any atom is 0.240 e. The number of carbonyl (C=O) groups excluding carboxylic acids is 1. The number of carbonyl (C=O) groups is 1. The molecule has 0 saturated carbocycles. The first-order valence-electron chi connectivity index (χ1n) is 9.52. The van der Waals surface area contributed by atoms with Crippen molar-refractivity contribution in [1.82, 2.24) is 10.0 Å². The highest BCUT2D eigenvalue weighted by atomic mass is 79.9. The highest BCUT2D eigenvalue weighted by Crippen LogP contribution is 2.24. The molecule has 1 unspecified atom stereocenters. The summed E-state index contributed by atoms with van der Waals surface area (Å²) >= 11 is 3.47. The van der Waals surface area contributed by atoms with Crippen LogP contribution in [0, 0.1) is 0 Å². The number of hydrogen-bond donors (Lipinski definition) is 2. The van der Waals surface area contributed by atoms with Crippen LogP contribution in [0.1, 0.15) is 48.9 Å². The van der Waals surface area contributed by atoms with Crippen molar-refractivity contribution in [2.45, 2.75) is 50.0 Å². The minimum absolute atomic E-state index is 0.0634. The minimum atomic E-state index is -3.61. The quantitative estimate of drug-likeness (QED) is 0.652. The number of rotatable bonds is 7. The van der Waals surface area contributed by atoms with Gasteiger partial charge in [-0.2, -0.15) is 0 Å². The van der Waals surface area contributed by atoms with Crippen molar-refractivity contribution >= 4 is 31.9 Å². The van der Waals surface area contributed by atoms with Crippen LogP contribution in [-0.2, 0) is 27.7 Å². The second kappa shape index (κ2) is 9.20. The molecule has 7 heteroatoms. The standard InChI is InChI=1S/C21H25BrN2O3S/c1-15(19-8-4-5-9-20(19)22)24-21(25)12-13-23-28(26,27)18-11-10-16-6-2-3-7-17(16)14-18/h4-5,8-11,14-15,23H,2-3,6-7,12-13H2,1H3,(H,24,25). The number of fused-ring (bicyclic) bond motifs is 1. The Bertz CT molecular complexity index is 960. The van der Waals surface area contributed by atoms with E-state index in [1.807, 2.05) is 37.3 Å². The molecular formula is C21H25BrN2O3S. The van der Waals surface area contributed by atoms with E-state index in [1.165, 1.54) is 5.56 Å². The Morgan fingerprint density at radius 2 is 1.82 bits per heavy atom. The van der Waals surface area contributed by atoms with Gasteiger partial charge in [-0.3, -0.25) is 4.79 Å². The SMILES string of the molecule is CC(NC(=O)CCNS(=O)(=O)c1ccc2c(c1)CCCC2)c1ccccc1Br. The van der Waals surface area contributed by atoms with E-state index in [0.717, 1.165) is 41.3 Å². The third kappa shape index (κ3) is 5.21. The van der Waals surface area contributed by atoms with Gasteiger partial charge in [0.05, 0.1) is 10.9 Å². The van der Waals surface area contributed by atoms with Gasteiger partial charge in [0.1, 0.15) is 0 Å². The molecule has 0 aliphatic heterocycles. The third-order valence-electron chi connectivity index (χ3n) is 5.02. The van der Waals surface area contributed by atoms with Gasteiger partial charge >= 0.3 is 0 Å². The molecule has 1 aliphatic carbocycles. The summed E-state index contributed by atoms with van der Waals surface area (Å²) in [4.78, 5) is 12.5. The van der Waals surface area contributed by atoms with Gasteiger partial charge < -0.3 is 5.32 Å². The number of halogens is 1. The summed E-state index contributed by atoms with van der Waals surface area (Å²) in [5.74, 6) is -0.198. The smallest absolute Gasteiger partial charge is 0.240 e. The second-order valence-corrected chi connectivity index (χ2v) is 9.72. The fraction of sp³-hybridized carbons (Fsp3) is 0.381. The van der Waals surface area contributed by atoms with Crippen LogP contribution < -0.4 is 10.0 Å². The van der Waals surface area contributed by atoms with Crippen molar-refractivity contribution in [3.05, 3.63) is 63.6 Å². The predicted molar refractivity (Wildman–Crippen MR) is 114 cm³/mol. The largest absolute Gasteiger partial charge is 0.350 e. The van der Waals surface area contributed by atoms with Crippen molar-refractivity contribution in [3.8, 4) is 0 Å². The van der Waals surface area contributed by atoms with Gasteiger partial charge in [0.15, 0.2) is 0 Å². The topological polar surface area (TPSA) is 75.3 Å². The van der Waals surface area contributed by atoms with Gasteiger partial charge in [-0.05, 0) is 67.5 Å². The lowest BCUT2D eigenvalue weighted by Gasteiger charge is -2.17. The molecule has 150 valence electrons. The van der Waals surface area contributed by atoms with Gasteiger partial charge in [0.2, 0.25) is 15.9 Å². The zero-order valence-electron chi connectivity index (χ0n) is 15.9. The Morgan fingerprint density at radius 3 is 2.57 bits per heavy atom. The first kappa shape index (κ1) is 21.0. The average molecular weight is 465 g/mol. The molecular weight excluding hydrogens is 440 g/mol. The zero-order valence-corrected chi connectivity index (χ0v) is 18.3. The van der Waals surface area contributed by atoms with E-state index in [4.69, 9.17) is 0 Å². The van der Waals surface area contributed by atoms with Crippen molar-refractivity contribution < 1.29 is 13.2 Å². The second-order valence-electron chi connectivity index (χ2n) is 7.10. The first-order chi connectivity index (χ1) is 13.4. The molecule has 2 aromatic rings. The van der Waals surface area contributed by atoms with Crippen LogP contribution in [-0.4, -0.2) is 20.9 Å². The molecule has 0 aromatic heterocycles. The van der Waals surface area contributed by atoms with Crippen molar-refractivity contribution in [1.29, 1.82) is 0 Å². The molecule has 3 rings (SSSR count). The third-order valence-corrected chi connectivity index (χ3v) is 7.20. The molecule has 0 radical (unpaired) electrons. The van der Waals surface area contributed by atoms with E-state index in [-0.39, 0.29) is 29.8 Å². The molecule has 1 amide bonds. The van der Waals surface area contributed by atoms with Crippen molar-refractivity contribution in [2.75, 3.05) is 6.54 Å². The molecule has 1 atom stereocenters. The van der Waals surface area contributed by atoms with Crippen LogP contribution >= 0.6 is 15.9 Å². The number of sulfonamides is 1. The lowest BCUT2D eigenvalue weighted by Crippen LogP contribution is -2.32.